The van der Waals surface area contributed by atoms with Crippen LogP contribution in [0.5, 0.6) is 11.5 Å². The van der Waals surface area contributed by atoms with Gasteiger partial charge in [-0.15, -0.1) is 0 Å². The second-order valence-corrected chi connectivity index (χ2v) is 5.20. The lowest BCUT2D eigenvalue weighted by Gasteiger charge is -2.13. The van der Waals surface area contributed by atoms with Crippen LogP contribution in [0.1, 0.15) is 34.6 Å². The number of carbonyl (C=O) groups excluding carboxylic acids is 3. The van der Waals surface area contributed by atoms with Crippen molar-refractivity contribution in [2.24, 2.45) is 0 Å². The van der Waals surface area contributed by atoms with E-state index in [2.05, 4.69) is 5.32 Å². The summed E-state index contributed by atoms with van der Waals surface area (Å²) in [7, 11) is 0. The smallest absolute Gasteiger partial charge is 0.262 e. The van der Waals surface area contributed by atoms with Crippen molar-refractivity contribution >= 4 is 23.7 Å². The summed E-state index contributed by atoms with van der Waals surface area (Å²) in [6, 6.07) is 11.5. The predicted molar refractivity (Wildman–Crippen MR) is 93.6 cm³/mol. The van der Waals surface area contributed by atoms with Crippen LogP contribution in [-0.2, 0) is 4.79 Å². The summed E-state index contributed by atoms with van der Waals surface area (Å²) < 4.78 is 10.9. The molecule has 0 heterocycles. The standard InChI is InChI=1S/C19H19NO5/c1-3-24-18-10-14(11-21)8-9-17(18)25-12-19(23)20-16-7-5-4-6-15(16)13(2)22/h4-11H,3,12H2,1-2H3,(H,20,23). The molecule has 0 fully saturated rings. The van der Waals surface area contributed by atoms with Crippen molar-refractivity contribution in [2.45, 2.75) is 13.8 Å². The minimum atomic E-state index is -0.407. The van der Waals surface area contributed by atoms with Gasteiger partial charge < -0.3 is 14.8 Å². The van der Waals surface area contributed by atoms with Crippen molar-refractivity contribution in [1.82, 2.24) is 0 Å². The number of hydrogen-bond donors (Lipinski definition) is 1. The van der Waals surface area contributed by atoms with Gasteiger partial charge in [0.05, 0.1) is 12.3 Å². The van der Waals surface area contributed by atoms with Crippen LogP contribution in [0.3, 0.4) is 0 Å². The Morgan fingerprint density at radius 3 is 2.52 bits per heavy atom. The number of Topliss-reactive ketones (excluding diaryl/α,β-unsaturated/α-hetero) is 1. The van der Waals surface area contributed by atoms with Gasteiger partial charge in [0.15, 0.2) is 23.9 Å². The number of ketones is 1. The summed E-state index contributed by atoms with van der Waals surface area (Å²) in [5, 5.41) is 2.65. The molecular weight excluding hydrogens is 322 g/mol. The summed E-state index contributed by atoms with van der Waals surface area (Å²) >= 11 is 0. The van der Waals surface area contributed by atoms with Crippen LogP contribution >= 0.6 is 0 Å². The van der Waals surface area contributed by atoms with Crippen LogP contribution in [0, 0.1) is 0 Å². The number of ether oxygens (including phenoxy) is 2. The van der Waals surface area contributed by atoms with Crippen LogP contribution in [-0.4, -0.2) is 31.2 Å². The molecule has 6 heteroatoms. The molecule has 0 saturated heterocycles. The summed E-state index contributed by atoms with van der Waals surface area (Å²) in [6.07, 6.45) is 0.706. The van der Waals surface area contributed by atoms with Crippen molar-refractivity contribution in [1.29, 1.82) is 0 Å². The summed E-state index contributed by atoms with van der Waals surface area (Å²) in [5.41, 5.74) is 1.32. The average Bonchev–Trinajstić information content (AvgIpc) is 2.61. The molecular formula is C19H19NO5. The Morgan fingerprint density at radius 1 is 1.08 bits per heavy atom. The SMILES string of the molecule is CCOc1cc(C=O)ccc1OCC(=O)Nc1ccccc1C(C)=O. The highest BCUT2D eigenvalue weighted by molar-refractivity contribution is 6.03. The van der Waals surface area contributed by atoms with Gasteiger partial charge in [-0.1, -0.05) is 12.1 Å². The Bertz CT molecular complexity index is 785. The van der Waals surface area contributed by atoms with E-state index in [1.807, 2.05) is 6.92 Å². The van der Waals surface area contributed by atoms with Gasteiger partial charge in [0.25, 0.3) is 5.91 Å². The number of para-hydroxylation sites is 1. The minimum Gasteiger partial charge on any atom is -0.490 e. The normalized spacial score (nSPS) is 10.0. The number of hydrogen-bond acceptors (Lipinski definition) is 5. The van der Waals surface area contributed by atoms with Crippen molar-refractivity contribution < 1.29 is 23.9 Å². The molecule has 0 unspecified atom stereocenters. The highest BCUT2D eigenvalue weighted by Crippen LogP contribution is 2.28. The third-order valence-electron chi connectivity index (χ3n) is 3.34. The molecule has 0 spiro atoms. The first-order valence-electron chi connectivity index (χ1n) is 7.79. The number of anilines is 1. The lowest BCUT2D eigenvalue weighted by atomic mass is 10.1. The zero-order valence-electron chi connectivity index (χ0n) is 14.1. The molecule has 6 nitrogen and oxygen atoms in total. The van der Waals surface area contributed by atoms with Gasteiger partial charge in [0.2, 0.25) is 0 Å². The molecule has 2 aromatic rings. The Labute approximate surface area is 145 Å². The Kier molecular flexibility index (Phi) is 6.28. The van der Waals surface area contributed by atoms with E-state index >= 15 is 0 Å². The predicted octanol–water partition coefficient (Wildman–Crippen LogP) is 3.12. The molecule has 0 radical (unpaired) electrons. The molecule has 0 aliphatic carbocycles. The fraction of sp³-hybridized carbons (Fsp3) is 0.211. The van der Waals surface area contributed by atoms with Crippen molar-refractivity contribution in [3.8, 4) is 11.5 Å². The lowest BCUT2D eigenvalue weighted by Crippen LogP contribution is -2.21. The maximum Gasteiger partial charge on any atom is 0.262 e. The highest BCUT2D eigenvalue weighted by atomic mass is 16.5. The Morgan fingerprint density at radius 2 is 1.84 bits per heavy atom. The van der Waals surface area contributed by atoms with Crippen LogP contribution in [0.15, 0.2) is 42.5 Å². The van der Waals surface area contributed by atoms with Gasteiger partial charge in [-0.05, 0) is 44.2 Å². The van der Waals surface area contributed by atoms with E-state index in [1.165, 1.54) is 6.92 Å². The zero-order valence-corrected chi connectivity index (χ0v) is 14.1. The second kappa shape index (κ2) is 8.63. The number of rotatable bonds is 8. The van der Waals surface area contributed by atoms with Gasteiger partial charge in [-0.2, -0.15) is 0 Å². The van der Waals surface area contributed by atoms with Crippen LogP contribution in [0.2, 0.25) is 0 Å². The quantitative estimate of drug-likeness (QED) is 0.589. The summed E-state index contributed by atoms with van der Waals surface area (Å²) in [5.74, 6) is 0.210. The Hall–Kier alpha value is -3.15. The third kappa shape index (κ3) is 4.91. The second-order valence-electron chi connectivity index (χ2n) is 5.20. The molecule has 130 valence electrons. The molecule has 0 atom stereocenters. The first-order chi connectivity index (χ1) is 12.0. The number of benzene rings is 2. The van der Waals surface area contributed by atoms with Gasteiger partial charge in [-0.3, -0.25) is 14.4 Å². The topological polar surface area (TPSA) is 81.7 Å². The van der Waals surface area contributed by atoms with Crippen molar-refractivity contribution in [2.75, 3.05) is 18.5 Å². The van der Waals surface area contributed by atoms with Gasteiger partial charge in [0, 0.05) is 11.1 Å². The molecule has 1 N–H and O–H groups in total. The van der Waals surface area contributed by atoms with E-state index in [-0.39, 0.29) is 12.4 Å². The molecule has 2 rings (SSSR count). The number of nitrogens with one attached hydrogen (secondary N) is 1. The van der Waals surface area contributed by atoms with Gasteiger partial charge in [-0.25, -0.2) is 0 Å². The van der Waals surface area contributed by atoms with Crippen molar-refractivity contribution in [3.05, 3.63) is 53.6 Å². The molecule has 0 aliphatic heterocycles. The minimum absolute atomic E-state index is 0.139. The summed E-state index contributed by atoms with van der Waals surface area (Å²) in [6.45, 7) is 3.39. The van der Waals surface area contributed by atoms with Crippen LogP contribution in [0.25, 0.3) is 0 Å². The van der Waals surface area contributed by atoms with Crippen molar-refractivity contribution in [3.63, 3.8) is 0 Å². The molecule has 0 saturated carbocycles. The number of aldehydes is 1. The first kappa shape index (κ1) is 18.2. The third-order valence-corrected chi connectivity index (χ3v) is 3.34. The zero-order chi connectivity index (χ0) is 18.2. The van der Waals surface area contributed by atoms with Gasteiger partial charge >= 0.3 is 0 Å². The lowest BCUT2D eigenvalue weighted by molar-refractivity contribution is -0.118. The van der Waals surface area contributed by atoms with Crippen LogP contribution < -0.4 is 14.8 Å². The van der Waals surface area contributed by atoms with E-state index in [0.29, 0.717) is 41.2 Å². The number of amides is 1. The molecule has 25 heavy (non-hydrogen) atoms. The monoisotopic (exact) mass is 341 g/mol. The molecule has 0 aliphatic rings. The van der Waals surface area contributed by atoms with E-state index in [4.69, 9.17) is 9.47 Å². The fourth-order valence-corrected chi connectivity index (χ4v) is 2.21. The maximum absolute atomic E-state index is 12.1. The first-order valence-corrected chi connectivity index (χ1v) is 7.79. The van der Waals surface area contributed by atoms with E-state index in [0.717, 1.165) is 0 Å². The largest absolute Gasteiger partial charge is 0.490 e. The summed E-state index contributed by atoms with van der Waals surface area (Å²) in [4.78, 5) is 34.5. The fourth-order valence-electron chi connectivity index (χ4n) is 2.21. The van der Waals surface area contributed by atoms with Crippen LogP contribution in [0.4, 0.5) is 5.69 Å². The molecule has 0 aromatic heterocycles. The Balaban J connectivity index is 2.05. The van der Waals surface area contributed by atoms with E-state index in [1.54, 1.807) is 42.5 Å². The van der Waals surface area contributed by atoms with E-state index in [9.17, 15) is 14.4 Å². The van der Waals surface area contributed by atoms with Gasteiger partial charge in [0.1, 0.15) is 6.29 Å². The van der Waals surface area contributed by atoms with E-state index < -0.39 is 5.91 Å². The maximum atomic E-state index is 12.1. The highest BCUT2D eigenvalue weighted by Gasteiger charge is 2.12. The number of carbonyl (C=O) groups is 3. The molecule has 0 bridgehead atoms. The molecule has 1 amide bonds. The average molecular weight is 341 g/mol. The molecule has 2 aromatic carbocycles.